The largest absolute Gasteiger partial charge is 0.367 e. The highest BCUT2D eigenvalue weighted by molar-refractivity contribution is 5.91. The Morgan fingerprint density at radius 2 is 1.75 bits per heavy atom. The zero-order valence-corrected chi connectivity index (χ0v) is 17.6. The van der Waals surface area contributed by atoms with Crippen LogP contribution in [0.1, 0.15) is 16.7 Å². The van der Waals surface area contributed by atoms with Gasteiger partial charge in [0.15, 0.2) is 0 Å². The van der Waals surface area contributed by atoms with E-state index >= 15 is 0 Å². The summed E-state index contributed by atoms with van der Waals surface area (Å²) in [5.74, 6) is -0.218. The van der Waals surface area contributed by atoms with Crippen molar-refractivity contribution in [1.29, 1.82) is 0 Å². The zero-order valence-electron chi connectivity index (χ0n) is 17.6. The van der Waals surface area contributed by atoms with Gasteiger partial charge in [0, 0.05) is 31.0 Å². The van der Waals surface area contributed by atoms with E-state index in [2.05, 4.69) is 33.7 Å². The Hall–Kier alpha value is -3.86. The van der Waals surface area contributed by atoms with Gasteiger partial charge in [0.25, 0.3) is 0 Å². The molecule has 0 saturated heterocycles. The van der Waals surface area contributed by atoms with Gasteiger partial charge in [-0.3, -0.25) is 0 Å². The topological polar surface area (TPSA) is 44.4 Å². The molecule has 0 radical (unpaired) electrons. The van der Waals surface area contributed by atoms with Gasteiger partial charge in [-0.25, -0.2) is 9.18 Å². The van der Waals surface area contributed by atoms with E-state index in [4.69, 9.17) is 0 Å². The molecule has 32 heavy (non-hydrogen) atoms. The summed E-state index contributed by atoms with van der Waals surface area (Å²) in [5.41, 5.74) is 5.32. The maximum atomic E-state index is 13.2. The van der Waals surface area contributed by atoms with Crippen molar-refractivity contribution in [2.45, 2.75) is 19.5 Å². The SMILES string of the molecule is O=C(NCc1cccc2ccccc12)Nc1ccc2c(c1)CCN2Cc1ccc(F)cc1. The number of rotatable bonds is 5. The van der Waals surface area contributed by atoms with Crippen LogP contribution in [-0.4, -0.2) is 12.6 Å². The molecule has 4 nitrogen and oxygen atoms in total. The number of benzene rings is 4. The van der Waals surface area contributed by atoms with Crippen LogP contribution in [0, 0.1) is 5.82 Å². The first-order valence-electron chi connectivity index (χ1n) is 10.8. The number of fused-ring (bicyclic) bond motifs is 2. The summed E-state index contributed by atoms with van der Waals surface area (Å²) in [7, 11) is 0. The third kappa shape index (κ3) is 4.28. The fourth-order valence-electron chi connectivity index (χ4n) is 4.32. The molecule has 4 aromatic carbocycles. The molecule has 0 unspecified atom stereocenters. The number of halogens is 1. The lowest BCUT2D eigenvalue weighted by Crippen LogP contribution is -2.28. The van der Waals surface area contributed by atoms with Crippen molar-refractivity contribution in [2.75, 3.05) is 16.8 Å². The average Bonchev–Trinajstić information content (AvgIpc) is 3.21. The molecule has 1 aliphatic heterocycles. The number of nitrogens with one attached hydrogen (secondary N) is 2. The van der Waals surface area contributed by atoms with Gasteiger partial charge in [0.05, 0.1) is 0 Å². The maximum Gasteiger partial charge on any atom is 0.319 e. The van der Waals surface area contributed by atoms with E-state index in [1.165, 1.54) is 17.7 Å². The summed E-state index contributed by atoms with van der Waals surface area (Å²) in [6.45, 7) is 2.11. The second-order valence-corrected chi connectivity index (χ2v) is 8.09. The molecular weight excluding hydrogens is 401 g/mol. The minimum atomic E-state index is -0.223. The van der Waals surface area contributed by atoms with Crippen LogP contribution >= 0.6 is 0 Å². The van der Waals surface area contributed by atoms with Gasteiger partial charge >= 0.3 is 6.03 Å². The number of amides is 2. The average molecular weight is 426 g/mol. The summed E-state index contributed by atoms with van der Waals surface area (Å²) in [5, 5.41) is 8.22. The first kappa shape index (κ1) is 20.1. The Bertz CT molecular complexity index is 1260. The predicted molar refractivity (Wildman–Crippen MR) is 127 cm³/mol. The standard InChI is InChI=1S/C27H24FN3O/c28-23-10-8-19(9-11-23)18-31-15-14-21-16-24(12-13-26(21)31)30-27(32)29-17-22-6-3-5-20-4-1-2-7-25(20)22/h1-13,16H,14-15,17-18H2,(H2,29,30,32). The van der Waals surface area contributed by atoms with E-state index in [0.717, 1.165) is 52.8 Å². The molecular formula is C27H24FN3O. The number of hydrogen-bond donors (Lipinski definition) is 2. The molecule has 2 amide bonds. The van der Waals surface area contributed by atoms with Gasteiger partial charge in [-0.05, 0) is 64.2 Å². The van der Waals surface area contributed by atoms with Crippen LogP contribution in [0.15, 0.2) is 84.9 Å². The number of carbonyl (C=O) groups excluding carboxylic acids is 1. The predicted octanol–water partition coefficient (Wildman–Crippen LogP) is 5.86. The number of anilines is 2. The first-order valence-corrected chi connectivity index (χ1v) is 10.8. The minimum absolute atomic E-state index is 0.218. The molecule has 0 saturated carbocycles. The van der Waals surface area contributed by atoms with E-state index in [-0.39, 0.29) is 11.8 Å². The lowest BCUT2D eigenvalue weighted by Gasteiger charge is -2.20. The Labute approximate surface area is 186 Å². The van der Waals surface area contributed by atoms with Crippen LogP contribution in [0.3, 0.4) is 0 Å². The zero-order chi connectivity index (χ0) is 21.9. The minimum Gasteiger partial charge on any atom is -0.367 e. The second-order valence-electron chi connectivity index (χ2n) is 8.09. The van der Waals surface area contributed by atoms with Crippen molar-refractivity contribution in [3.05, 3.63) is 107 Å². The van der Waals surface area contributed by atoms with Crippen molar-refractivity contribution < 1.29 is 9.18 Å². The van der Waals surface area contributed by atoms with Crippen molar-refractivity contribution in [2.24, 2.45) is 0 Å². The lowest BCUT2D eigenvalue weighted by molar-refractivity contribution is 0.252. The van der Waals surface area contributed by atoms with Crippen molar-refractivity contribution in [3.63, 3.8) is 0 Å². The summed E-state index contributed by atoms with van der Waals surface area (Å²) < 4.78 is 13.2. The Kier molecular flexibility index (Phi) is 5.46. The molecule has 0 bridgehead atoms. The molecule has 0 fully saturated rings. The monoisotopic (exact) mass is 425 g/mol. The number of nitrogens with zero attached hydrogens (tertiary/aromatic N) is 1. The van der Waals surface area contributed by atoms with Crippen molar-refractivity contribution in [3.8, 4) is 0 Å². The molecule has 5 heteroatoms. The molecule has 1 aliphatic rings. The summed E-state index contributed by atoms with van der Waals surface area (Å²) >= 11 is 0. The molecule has 2 N–H and O–H groups in total. The normalized spacial score (nSPS) is 12.6. The van der Waals surface area contributed by atoms with Gasteiger partial charge < -0.3 is 15.5 Å². The van der Waals surface area contributed by atoms with Crippen LogP contribution in [0.4, 0.5) is 20.6 Å². The number of hydrogen-bond acceptors (Lipinski definition) is 2. The smallest absolute Gasteiger partial charge is 0.319 e. The quantitative estimate of drug-likeness (QED) is 0.420. The molecule has 0 aliphatic carbocycles. The van der Waals surface area contributed by atoms with Crippen LogP contribution in [0.2, 0.25) is 0 Å². The van der Waals surface area contributed by atoms with Gasteiger partial charge in [-0.2, -0.15) is 0 Å². The summed E-state index contributed by atoms with van der Waals surface area (Å²) in [6, 6.07) is 26.7. The lowest BCUT2D eigenvalue weighted by atomic mass is 10.0. The van der Waals surface area contributed by atoms with Crippen LogP contribution < -0.4 is 15.5 Å². The van der Waals surface area contributed by atoms with Gasteiger partial charge in [-0.1, -0.05) is 54.6 Å². The summed E-state index contributed by atoms with van der Waals surface area (Å²) in [4.78, 5) is 14.8. The highest BCUT2D eigenvalue weighted by Gasteiger charge is 2.20. The Morgan fingerprint density at radius 3 is 2.62 bits per heavy atom. The van der Waals surface area contributed by atoms with Gasteiger partial charge in [0.1, 0.15) is 5.82 Å². The Balaban J connectivity index is 1.22. The van der Waals surface area contributed by atoms with Crippen molar-refractivity contribution in [1.82, 2.24) is 5.32 Å². The summed E-state index contributed by atoms with van der Waals surface area (Å²) in [6.07, 6.45) is 0.920. The van der Waals surface area contributed by atoms with Crippen molar-refractivity contribution >= 4 is 28.2 Å². The van der Waals surface area contributed by atoms with E-state index in [1.807, 2.05) is 54.6 Å². The highest BCUT2D eigenvalue weighted by atomic mass is 19.1. The fraction of sp³-hybridized carbons (Fsp3) is 0.148. The van der Waals surface area contributed by atoms with E-state index in [9.17, 15) is 9.18 Å². The Morgan fingerprint density at radius 1 is 0.938 bits per heavy atom. The van der Waals surface area contributed by atoms with E-state index in [1.54, 1.807) is 0 Å². The third-order valence-corrected chi connectivity index (χ3v) is 5.94. The fourth-order valence-corrected chi connectivity index (χ4v) is 4.32. The molecule has 1 heterocycles. The van der Waals surface area contributed by atoms with Gasteiger partial charge in [-0.15, -0.1) is 0 Å². The molecule has 4 aromatic rings. The highest BCUT2D eigenvalue weighted by Crippen LogP contribution is 2.31. The molecule has 0 spiro atoms. The molecule has 0 aromatic heterocycles. The molecule has 5 rings (SSSR count). The molecule has 0 atom stereocenters. The molecule has 160 valence electrons. The third-order valence-electron chi connectivity index (χ3n) is 5.94. The van der Waals surface area contributed by atoms with Crippen LogP contribution in [0.25, 0.3) is 10.8 Å². The van der Waals surface area contributed by atoms with E-state index < -0.39 is 0 Å². The van der Waals surface area contributed by atoms with E-state index in [0.29, 0.717) is 6.54 Å². The van der Waals surface area contributed by atoms with Gasteiger partial charge in [0.2, 0.25) is 0 Å². The first-order chi connectivity index (χ1) is 15.7. The maximum absolute atomic E-state index is 13.2. The second kappa shape index (κ2) is 8.71. The van der Waals surface area contributed by atoms with Crippen LogP contribution in [-0.2, 0) is 19.5 Å². The van der Waals surface area contributed by atoms with Crippen LogP contribution in [0.5, 0.6) is 0 Å². The number of urea groups is 1. The number of carbonyl (C=O) groups is 1.